The molecular weight excluding hydrogens is 491 g/mol. The molecule has 4 rings (SSSR count). The summed E-state index contributed by atoms with van der Waals surface area (Å²) in [6.45, 7) is 10.2. The van der Waals surface area contributed by atoms with E-state index in [4.69, 9.17) is 29.1 Å². The van der Waals surface area contributed by atoms with Gasteiger partial charge in [-0.25, -0.2) is 18.7 Å². The van der Waals surface area contributed by atoms with Crippen LogP contribution in [-0.4, -0.2) is 96.2 Å². The standard InChI is InChI=1S/C20H27FN8O2.C2H2O4/c1-14(2)19-23-20(31-24-19)28-9-7-27(8-10-28)15(3)6-11-30-18-5-4-16(12-17(18)21)29-13-22-25-26-29;3-1(4)2(5)6/h4-5,12-15H,6-11H2,1-3H3;(H,3,4)(H,5,6). The fourth-order valence-electron chi connectivity index (χ4n) is 3.49. The van der Waals surface area contributed by atoms with Gasteiger partial charge < -0.3 is 24.4 Å². The number of nitrogens with zero attached hydrogens (tertiary/aromatic N) is 8. The number of piperazine rings is 1. The van der Waals surface area contributed by atoms with Crippen molar-refractivity contribution in [2.75, 3.05) is 37.7 Å². The third-order valence-electron chi connectivity index (χ3n) is 5.66. The molecule has 1 aliphatic heterocycles. The van der Waals surface area contributed by atoms with Crippen LogP contribution in [-0.2, 0) is 9.59 Å². The van der Waals surface area contributed by atoms with E-state index in [1.165, 1.54) is 17.1 Å². The molecule has 1 fully saturated rings. The van der Waals surface area contributed by atoms with Crippen molar-refractivity contribution >= 4 is 18.0 Å². The number of ether oxygens (including phenoxy) is 1. The second kappa shape index (κ2) is 12.7. The molecule has 37 heavy (non-hydrogen) atoms. The minimum atomic E-state index is -1.82. The van der Waals surface area contributed by atoms with Crippen molar-refractivity contribution in [3.63, 3.8) is 0 Å². The van der Waals surface area contributed by atoms with Crippen molar-refractivity contribution in [2.45, 2.75) is 39.2 Å². The van der Waals surface area contributed by atoms with Gasteiger partial charge in [0.2, 0.25) is 0 Å². The number of anilines is 1. The SMILES string of the molecule is CC(C)c1noc(N2CCN(C(C)CCOc3ccc(-n4cnnn4)cc3F)CC2)n1.O=C(O)C(=O)O. The largest absolute Gasteiger partial charge is 0.490 e. The molecule has 0 amide bonds. The quantitative estimate of drug-likeness (QED) is 0.409. The number of aromatic nitrogens is 6. The summed E-state index contributed by atoms with van der Waals surface area (Å²) in [4.78, 5) is 27.2. The van der Waals surface area contributed by atoms with Crippen molar-refractivity contribution in [1.82, 2.24) is 35.2 Å². The Bertz CT molecular complexity index is 1150. The fraction of sp³-hybridized carbons (Fsp3) is 0.500. The average molecular weight is 521 g/mol. The molecule has 2 aromatic heterocycles. The third kappa shape index (κ3) is 7.67. The Morgan fingerprint density at radius 2 is 1.84 bits per heavy atom. The highest BCUT2D eigenvalue weighted by Crippen LogP contribution is 2.22. The van der Waals surface area contributed by atoms with Gasteiger partial charge in [-0.2, -0.15) is 4.98 Å². The Kier molecular flexibility index (Phi) is 9.43. The molecule has 0 saturated carbocycles. The van der Waals surface area contributed by atoms with E-state index in [1.807, 2.05) is 13.8 Å². The first-order chi connectivity index (χ1) is 17.7. The number of halogens is 1. The highest BCUT2D eigenvalue weighted by atomic mass is 19.1. The van der Waals surface area contributed by atoms with Crippen LogP contribution in [0.4, 0.5) is 10.4 Å². The monoisotopic (exact) mass is 520 g/mol. The van der Waals surface area contributed by atoms with Crippen LogP contribution in [0.15, 0.2) is 29.0 Å². The number of carboxylic acids is 2. The molecule has 3 heterocycles. The molecule has 1 aliphatic rings. The Labute approximate surface area is 211 Å². The molecule has 1 unspecified atom stereocenters. The Balaban J connectivity index is 0.000000568. The van der Waals surface area contributed by atoms with Gasteiger partial charge in [-0.3, -0.25) is 4.90 Å². The summed E-state index contributed by atoms with van der Waals surface area (Å²) >= 11 is 0. The maximum Gasteiger partial charge on any atom is 0.414 e. The van der Waals surface area contributed by atoms with Gasteiger partial charge in [0.25, 0.3) is 0 Å². The van der Waals surface area contributed by atoms with Crippen LogP contribution in [0.25, 0.3) is 5.69 Å². The van der Waals surface area contributed by atoms with E-state index in [9.17, 15) is 4.39 Å². The normalized spacial score (nSPS) is 14.7. The Hall–Kier alpha value is -4.14. The van der Waals surface area contributed by atoms with Gasteiger partial charge in [-0.1, -0.05) is 19.0 Å². The smallest absolute Gasteiger partial charge is 0.414 e. The van der Waals surface area contributed by atoms with Gasteiger partial charge >= 0.3 is 18.0 Å². The Morgan fingerprint density at radius 3 is 2.38 bits per heavy atom. The van der Waals surface area contributed by atoms with Crippen LogP contribution in [0.5, 0.6) is 5.75 Å². The van der Waals surface area contributed by atoms with Crippen molar-refractivity contribution in [2.24, 2.45) is 0 Å². The topological polar surface area (TPSA) is 173 Å². The summed E-state index contributed by atoms with van der Waals surface area (Å²) in [5, 5.41) is 29.7. The molecule has 2 N–H and O–H groups in total. The molecule has 1 saturated heterocycles. The number of carboxylic acid groups (broad SMARTS) is 2. The zero-order chi connectivity index (χ0) is 26.9. The van der Waals surface area contributed by atoms with Crippen LogP contribution in [0, 0.1) is 5.82 Å². The van der Waals surface area contributed by atoms with Crippen molar-refractivity contribution < 1.29 is 33.5 Å². The lowest BCUT2D eigenvalue weighted by Crippen LogP contribution is -2.50. The highest BCUT2D eigenvalue weighted by molar-refractivity contribution is 6.27. The summed E-state index contributed by atoms with van der Waals surface area (Å²) < 4.78 is 26.8. The number of tetrazole rings is 1. The van der Waals surface area contributed by atoms with Crippen molar-refractivity contribution in [3.05, 3.63) is 36.2 Å². The van der Waals surface area contributed by atoms with Crippen LogP contribution < -0.4 is 9.64 Å². The molecule has 200 valence electrons. The lowest BCUT2D eigenvalue weighted by Gasteiger charge is -2.37. The zero-order valence-electron chi connectivity index (χ0n) is 20.7. The van der Waals surface area contributed by atoms with Gasteiger partial charge in [0.1, 0.15) is 6.33 Å². The molecule has 0 spiro atoms. The van der Waals surface area contributed by atoms with E-state index in [0.29, 0.717) is 24.4 Å². The maximum atomic E-state index is 14.3. The van der Waals surface area contributed by atoms with Gasteiger partial charge in [0, 0.05) is 44.2 Å². The molecule has 1 aromatic carbocycles. The van der Waals surface area contributed by atoms with Gasteiger partial charge in [-0.15, -0.1) is 5.10 Å². The van der Waals surface area contributed by atoms with Crippen LogP contribution in [0.2, 0.25) is 0 Å². The van der Waals surface area contributed by atoms with Crippen LogP contribution in [0.1, 0.15) is 38.9 Å². The minimum Gasteiger partial charge on any atom is -0.490 e. The lowest BCUT2D eigenvalue weighted by atomic mass is 10.2. The van der Waals surface area contributed by atoms with Crippen molar-refractivity contribution in [1.29, 1.82) is 0 Å². The molecule has 0 aliphatic carbocycles. The van der Waals surface area contributed by atoms with E-state index in [-0.39, 0.29) is 11.7 Å². The second-order valence-electron chi connectivity index (χ2n) is 8.58. The number of rotatable bonds is 8. The second-order valence-corrected chi connectivity index (χ2v) is 8.58. The lowest BCUT2D eigenvalue weighted by molar-refractivity contribution is -0.159. The predicted octanol–water partition coefficient (Wildman–Crippen LogP) is 1.44. The zero-order valence-corrected chi connectivity index (χ0v) is 20.7. The van der Waals surface area contributed by atoms with Crippen LogP contribution in [0.3, 0.4) is 0 Å². The molecule has 1 atom stereocenters. The molecule has 3 aromatic rings. The number of carbonyl (C=O) groups is 2. The molecule has 0 bridgehead atoms. The average Bonchev–Trinajstić information content (AvgIpc) is 3.58. The Morgan fingerprint density at radius 1 is 1.14 bits per heavy atom. The highest BCUT2D eigenvalue weighted by Gasteiger charge is 2.24. The predicted molar refractivity (Wildman–Crippen MR) is 126 cm³/mol. The number of aliphatic carboxylic acids is 2. The maximum absolute atomic E-state index is 14.3. The molecule has 15 heteroatoms. The molecular formula is C22H29FN8O6. The third-order valence-corrected chi connectivity index (χ3v) is 5.66. The molecule has 14 nitrogen and oxygen atoms in total. The summed E-state index contributed by atoms with van der Waals surface area (Å²) in [7, 11) is 0. The van der Waals surface area contributed by atoms with Crippen LogP contribution >= 0.6 is 0 Å². The van der Waals surface area contributed by atoms with Gasteiger partial charge in [0.05, 0.1) is 12.3 Å². The minimum absolute atomic E-state index is 0.228. The first kappa shape index (κ1) is 27.4. The summed E-state index contributed by atoms with van der Waals surface area (Å²) in [5.41, 5.74) is 0.544. The number of hydrogen-bond donors (Lipinski definition) is 2. The van der Waals surface area contributed by atoms with E-state index < -0.39 is 17.8 Å². The van der Waals surface area contributed by atoms with E-state index in [1.54, 1.807) is 12.1 Å². The van der Waals surface area contributed by atoms with Crippen molar-refractivity contribution in [3.8, 4) is 11.4 Å². The first-order valence-electron chi connectivity index (χ1n) is 11.6. The summed E-state index contributed by atoms with van der Waals surface area (Å²) in [6, 6.07) is 5.60. The molecule has 0 radical (unpaired) electrons. The number of hydrogen-bond acceptors (Lipinski definition) is 11. The van der Waals surface area contributed by atoms with Gasteiger partial charge in [0.15, 0.2) is 17.4 Å². The summed E-state index contributed by atoms with van der Waals surface area (Å²) in [5.74, 6) is -2.87. The van der Waals surface area contributed by atoms with E-state index >= 15 is 0 Å². The first-order valence-corrected chi connectivity index (χ1v) is 11.6. The van der Waals surface area contributed by atoms with E-state index in [0.717, 1.165) is 38.4 Å². The van der Waals surface area contributed by atoms with E-state index in [2.05, 4.69) is 42.4 Å². The fourth-order valence-corrected chi connectivity index (χ4v) is 3.49. The van der Waals surface area contributed by atoms with Gasteiger partial charge in [-0.05, 0) is 35.9 Å². The summed E-state index contributed by atoms with van der Waals surface area (Å²) in [6.07, 6.45) is 2.21. The number of benzene rings is 1.